The van der Waals surface area contributed by atoms with Crippen LogP contribution in [0.3, 0.4) is 0 Å². The van der Waals surface area contributed by atoms with E-state index in [9.17, 15) is 4.79 Å². The van der Waals surface area contributed by atoms with Crippen LogP contribution in [-0.2, 0) is 0 Å². The fourth-order valence-electron chi connectivity index (χ4n) is 2.43. The van der Waals surface area contributed by atoms with E-state index in [-0.39, 0.29) is 11.4 Å². The van der Waals surface area contributed by atoms with Crippen molar-refractivity contribution in [3.8, 4) is 0 Å². The second-order valence-corrected chi connectivity index (χ2v) is 5.49. The van der Waals surface area contributed by atoms with Crippen LogP contribution in [0, 0.1) is 0 Å². The molecule has 4 heteroatoms. The average molecular weight is 267 g/mol. The number of halogens is 1. The molecule has 0 atom stereocenters. The number of nitrogens with two attached hydrogens (primary N) is 1. The maximum Gasteiger partial charge on any atom is 0.252 e. The molecule has 98 valence electrons. The van der Waals surface area contributed by atoms with Crippen molar-refractivity contribution in [3.63, 3.8) is 0 Å². The molecule has 3 N–H and O–H groups in total. The molecule has 18 heavy (non-hydrogen) atoms. The topological polar surface area (TPSA) is 55.1 Å². The van der Waals surface area contributed by atoms with Crippen molar-refractivity contribution < 1.29 is 4.79 Å². The molecule has 0 saturated heterocycles. The van der Waals surface area contributed by atoms with Gasteiger partial charge in [0, 0.05) is 12.1 Å². The zero-order valence-electron chi connectivity index (χ0n) is 10.4. The van der Waals surface area contributed by atoms with E-state index in [0.717, 1.165) is 25.7 Å². The van der Waals surface area contributed by atoms with Gasteiger partial charge in [-0.2, -0.15) is 0 Å². The Labute approximate surface area is 113 Å². The third-order valence-electron chi connectivity index (χ3n) is 3.57. The summed E-state index contributed by atoms with van der Waals surface area (Å²) >= 11 is 5.98. The molecule has 0 aromatic heterocycles. The van der Waals surface area contributed by atoms with E-state index < -0.39 is 0 Å². The average Bonchev–Trinajstić information content (AvgIpc) is 2.38. The molecule has 0 bridgehead atoms. The van der Waals surface area contributed by atoms with E-state index in [2.05, 4.69) is 5.32 Å². The highest BCUT2D eigenvalue weighted by Crippen LogP contribution is 2.25. The van der Waals surface area contributed by atoms with Gasteiger partial charge in [0.1, 0.15) is 0 Å². The largest absolute Gasteiger partial charge is 0.350 e. The second kappa shape index (κ2) is 5.72. The molecule has 1 aliphatic carbocycles. The summed E-state index contributed by atoms with van der Waals surface area (Å²) in [5.74, 6) is -0.143. The summed E-state index contributed by atoms with van der Waals surface area (Å²) < 4.78 is 0. The van der Waals surface area contributed by atoms with Crippen LogP contribution in [0.15, 0.2) is 24.3 Å². The molecule has 2 rings (SSSR count). The van der Waals surface area contributed by atoms with E-state index in [1.165, 1.54) is 6.42 Å². The third kappa shape index (κ3) is 3.24. The maximum atomic E-state index is 12.0. The highest BCUT2D eigenvalue weighted by molar-refractivity contribution is 6.33. The van der Waals surface area contributed by atoms with E-state index in [1.807, 2.05) is 6.07 Å². The Bertz CT molecular complexity index is 428. The number of carbonyl (C=O) groups is 1. The highest BCUT2D eigenvalue weighted by atomic mass is 35.5. The minimum Gasteiger partial charge on any atom is -0.350 e. The fourth-order valence-corrected chi connectivity index (χ4v) is 2.65. The molecule has 0 heterocycles. The van der Waals surface area contributed by atoms with Crippen molar-refractivity contribution in [2.24, 2.45) is 5.73 Å². The van der Waals surface area contributed by atoms with Crippen LogP contribution in [0.25, 0.3) is 0 Å². The minimum absolute atomic E-state index is 0.143. The van der Waals surface area contributed by atoms with Gasteiger partial charge >= 0.3 is 0 Å². The zero-order valence-corrected chi connectivity index (χ0v) is 11.2. The molecule has 3 nitrogen and oxygen atoms in total. The molecular weight excluding hydrogens is 248 g/mol. The van der Waals surface area contributed by atoms with Gasteiger partial charge in [-0.3, -0.25) is 4.79 Å². The summed E-state index contributed by atoms with van der Waals surface area (Å²) in [5.41, 5.74) is 6.55. The van der Waals surface area contributed by atoms with Gasteiger partial charge < -0.3 is 11.1 Å². The monoisotopic (exact) mass is 266 g/mol. The van der Waals surface area contributed by atoms with Crippen molar-refractivity contribution >= 4 is 17.5 Å². The number of nitrogens with one attached hydrogen (secondary N) is 1. The Morgan fingerprint density at radius 1 is 1.28 bits per heavy atom. The van der Waals surface area contributed by atoms with E-state index in [0.29, 0.717) is 17.1 Å². The number of benzene rings is 1. The lowest BCUT2D eigenvalue weighted by atomic mass is 9.82. The highest BCUT2D eigenvalue weighted by Gasteiger charge is 2.27. The Balaban J connectivity index is 1.94. The van der Waals surface area contributed by atoms with Crippen molar-refractivity contribution in [3.05, 3.63) is 34.9 Å². The number of hydrogen-bond donors (Lipinski definition) is 2. The second-order valence-electron chi connectivity index (χ2n) is 5.09. The van der Waals surface area contributed by atoms with Crippen LogP contribution in [0.2, 0.25) is 5.02 Å². The number of rotatable bonds is 3. The molecule has 1 aromatic rings. The molecule has 1 amide bonds. The molecule has 0 radical (unpaired) electrons. The lowest BCUT2D eigenvalue weighted by molar-refractivity contribution is 0.0938. The van der Waals surface area contributed by atoms with Crippen molar-refractivity contribution in [1.29, 1.82) is 0 Å². The Morgan fingerprint density at radius 3 is 2.61 bits per heavy atom. The summed E-state index contributed by atoms with van der Waals surface area (Å²) in [7, 11) is 0. The van der Waals surface area contributed by atoms with Crippen LogP contribution < -0.4 is 11.1 Å². The van der Waals surface area contributed by atoms with Crippen LogP contribution in [0.5, 0.6) is 0 Å². The van der Waals surface area contributed by atoms with Crippen LogP contribution >= 0.6 is 11.6 Å². The van der Waals surface area contributed by atoms with E-state index in [4.69, 9.17) is 17.3 Å². The summed E-state index contributed by atoms with van der Waals surface area (Å²) in [4.78, 5) is 12.0. The van der Waals surface area contributed by atoms with Crippen molar-refractivity contribution in [2.45, 2.75) is 37.6 Å². The van der Waals surface area contributed by atoms with Crippen molar-refractivity contribution in [1.82, 2.24) is 5.32 Å². The van der Waals surface area contributed by atoms with Gasteiger partial charge in [-0.1, -0.05) is 43.0 Å². The molecule has 1 fully saturated rings. The minimum atomic E-state index is -0.241. The smallest absolute Gasteiger partial charge is 0.252 e. The normalized spacial score (nSPS) is 18.3. The molecular formula is C14H19ClN2O. The van der Waals surface area contributed by atoms with Gasteiger partial charge in [-0.05, 0) is 25.0 Å². The molecule has 0 unspecified atom stereocenters. The third-order valence-corrected chi connectivity index (χ3v) is 3.90. The van der Waals surface area contributed by atoms with Gasteiger partial charge in [0.2, 0.25) is 0 Å². The summed E-state index contributed by atoms with van der Waals surface area (Å²) in [6.07, 6.45) is 5.51. The van der Waals surface area contributed by atoms with Gasteiger partial charge in [-0.25, -0.2) is 0 Å². The first-order valence-corrected chi connectivity index (χ1v) is 6.80. The predicted molar refractivity (Wildman–Crippen MR) is 73.8 cm³/mol. The molecule has 0 spiro atoms. The first-order valence-electron chi connectivity index (χ1n) is 6.42. The number of amides is 1. The molecule has 1 aliphatic rings. The SMILES string of the molecule is NC1(CNC(=O)c2ccccc2Cl)CCCCC1. The number of carbonyl (C=O) groups excluding carboxylic acids is 1. The van der Waals surface area contributed by atoms with Gasteiger partial charge in [0.25, 0.3) is 5.91 Å². The van der Waals surface area contributed by atoms with E-state index >= 15 is 0 Å². The first kappa shape index (κ1) is 13.4. The molecule has 0 aliphatic heterocycles. The Morgan fingerprint density at radius 2 is 1.94 bits per heavy atom. The lowest BCUT2D eigenvalue weighted by Gasteiger charge is -2.33. The first-order chi connectivity index (χ1) is 8.61. The Hall–Kier alpha value is -1.06. The Kier molecular flexibility index (Phi) is 4.25. The lowest BCUT2D eigenvalue weighted by Crippen LogP contribution is -2.51. The van der Waals surface area contributed by atoms with Crippen LogP contribution in [0.4, 0.5) is 0 Å². The quantitative estimate of drug-likeness (QED) is 0.884. The van der Waals surface area contributed by atoms with Gasteiger partial charge in [0.05, 0.1) is 10.6 Å². The zero-order chi connectivity index (χ0) is 13.0. The van der Waals surface area contributed by atoms with Gasteiger partial charge in [0.15, 0.2) is 0 Å². The summed E-state index contributed by atoms with van der Waals surface area (Å²) in [6, 6.07) is 7.06. The van der Waals surface area contributed by atoms with Crippen LogP contribution in [0.1, 0.15) is 42.5 Å². The predicted octanol–water partition coefficient (Wildman–Crippen LogP) is 2.73. The standard InChI is InChI=1S/C14H19ClN2O/c15-12-7-3-2-6-11(12)13(18)17-10-14(16)8-4-1-5-9-14/h2-3,6-7H,1,4-5,8-10,16H2,(H,17,18). The van der Waals surface area contributed by atoms with Crippen LogP contribution in [-0.4, -0.2) is 18.0 Å². The van der Waals surface area contributed by atoms with Gasteiger partial charge in [-0.15, -0.1) is 0 Å². The van der Waals surface area contributed by atoms with E-state index in [1.54, 1.807) is 18.2 Å². The maximum absolute atomic E-state index is 12.0. The summed E-state index contributed by atoms with van der Waals surface area (Å²) in [5, 5.41) is 3.38. The summed E-state index contributed by atoms with van der Waals surface area (Å²) in [6.45, 7) is 0.525. The fraction of sp³-hybridized carbons (Fsp3) is 0.500. The van der Waals surface area contributed by atoms with Crippen molar-refractivity contribution in [2.75, 3.05) is 6.54 Å². The molecule has 1 saturated carbocycles. The number of hydrogen-bond acceptors (Lipinski definition) is 2. The molecule has 1 aromatic carbocycles.